The van der Waals surface area contributed by atoms with Gasteiger partial charge in [0, 0.05) is 13.8 Å². The second-order valence-corrected chi connectivity index (χ2v) is 26.7. The SMILES string of the molecule is CC(=O)N[C@@H]1[C@@H](O)[C@H](O[C@@H]2O[C@H](CO)[C@@H](O[C@@H]3O[C@H](CO[C@H]4O[C@H](CO)[C@@H](O)[C@H](O[C@H]5O[C@H](CO)[C@@H](O)[C@H](O)[C@@H]5O)[C@@H]4O[C@H]4O[C@H](CO)[C@@H](O)[C@H](O)[C@@H]4O)[C@@H](O)[C@H](O[C@H]4O[C@H](CO)[C@@H](O)[C@H](O[C@H]5O[C@H](CO)[C@@H](O)[C@H](O)[C@@H]5O)[C@@H]4O)[C@@H]3O)[C@H](O)[C@H]2NC(C)=O)[C@@H](CO[C@@H]2O[C@@H](C)[C@@H](O)[C@@H](O)[C@@H]2O)O[C@H]1O. The highest BCUT2D eigenvalue weighted by Gasteiger charge is 2.60. The maximum absolute atomic E-state index is 13.1. The Morgan fingerprint density at radius 2 is 0.571 bits per heavy atom. The molecule has 0 aliphatic carbocycles. The molecule has 9 fully saturated rings. The van der Waals surface area contributed by atoms with E-state index in [0.717, 1.165) is 13.8 Å². The highest BCUT2D eigenvalue weighted by molar-refractivity contribution is 5.73. The minimum atomic E-state index is -2.54. The van der Waals surface area contributed by atoms with E-state index in [2.05, 4.69) is 10.6 Å². The van der Waals surface area contributed by atoms with Crippen LogP contribution < -0.4 is 10.6 Å². The van der Waals surface area contributed by atoms with E-state index in [4.69, 9.17) is 80.5 Å². The quantitative estimate of drug-likeness (QED) is 0.0382. The van der Waals surface area contributed by atoms with Crippen LogP contribution in [0, 0.1) is 0 Å². The second kappa shape index (κ2) is 37.2. The minimum absolute atomic E-state index is 0.825. The molecule has 9 saturated heterocycles. The van der Waals surface area contributed by atoms with E-state index in [-0.39, 0.29) is 0 Å². The lowest BCUT2D eigenvalue weighted by atomic mass is 9.93. The molecule has 0 bridgehead atoms. The van der Waals surface area contributed by atoms with Gasteiger partial charge >= 0.3 is 0 Å². The maximum atomic E-state index is 13.1. The van der Waals surface area contributed by atoms with Crippen molar-refractivity contribution in [3.63, 3.8) is 0 Å². The number of carbonyl (C=O) groups excluding carboxylic acids is 2. The van der Waals surface area contributed by atoms with Crippen molar-refractivity contribution in [2.24, 2.45) is 0 Å². The third-order valence-corrected chi connectivity index (χ3v) is 19.5. The molecule has 0 aromatic rings. The molecular formula is C58H98N2O45. The third kappa shape index (κ3) is 18.6. The topological polar surface area (TPSA) is 741 Å². The van der Waals surface area contributed by atoms with Crippen molar-refractivity contribution < 1.29 is 223 Å². The fourth-order valence-electron chi connectivity index (χ4n) is 13.5. The molecule has 610 valence electrons. The van der Waals surface area contributed by atoms with Gasteiger partial charge in [-0.05, 0) is 6.92 Å². The lowest BCUT2D eigenvalue weighted by Gasteiger charge is -2.51. The standard InChI is InChI=1S/C58H98N2O45/c1-12-25(69)34(78)38(82)52(91-12)89-11-22-45(32(76)23(50(88)92-22)59-13(2)67)100-51-24(60-14(3)68)33(77)44(20(9-66)98-51)101-57-43(87)47(103-56-42(86)46(29(73)18(7-64)96-56)102-53-39(83)35(79)26(70)15(4-61)93-53)31(75)21(99-57)10-90-58-49(105-55-41(85)37(81)28(72)17(6-63)95-55)48(30(74)19(8-65)97-58)104-54-40(84)36(80)27(71)16(5-62)94-54/h12,15-58,61-66,69-88H,4-11H2,1-3H3,(H,59,67)(H,60,68)/t12-,15+,16+,17+,18+,19+,20+,21+,22+,23+,24+,25+,26+,27+,28+,29+,30+,31+,32+,33+,34+,35-,36-,37-,38-,39-,40-,41-,42-,43-,44+,45+,46-,47-,48-,49-,50+,51-,52+,53+,54+,55+,56+,57-,58-/m0/s1. The fourth-order valence-corrected chi connectivity index (χ4v) is 13.5. The highest BCUT2D eigenvalue weighted by atomic mass is 16.8. The van der Waals surface area contributed by atoms with Crippen LogP contribution in [0.2, 0.25) is 0 Å². The van der Waals surface area contributed by atoms with Gasteiger partial charge in [0.05, 0.1) is 59.0 Å². The number of ether oxygens (including phenoxy) is 17. The largest absolute Gasteiger partial charge is 0.394 e. The molecule has 0 saturated carbocycles. The van der Waals surface area contributed by atoms with E-state index in [1.807, 2.05) is 0 Å². The number of hydrogen-bond donors (Lipinski definition) is 28. The van der Waals surface area contributed by atoms with Gasteiger partial charge in [-0.2, -0.15) is 0 Å². The average molecular weight is 1540 g/mol. The number of amides is 2. The molecule has 9 aliphatic heterocycles. The summed E-state index contributed by atoms with van der Waals surface area (Å²) >= 11 is 0. The first kappa shape index (κ1) is 86.2. The molecule has 0 spiro atoms. The zero-order chi connectivity index (χ0) is 77.2. The average Bonchev–Trinajstić information content (AvgIpc) is 0.786. The normalized spacial score (nSPS) is 51.5. The van der Waals surface area contributed by atoms with Crippen LogP contribution in [-0.2, 0) is 90.1 Å². The summed E-state index contributed by atoms with van der Waals surface area (Å²) in [7, 11) is 0. The molecule has 0 radical (unpaired) electrons. The van der Waals surface area contributed by atoms with Crippen molar-refractivity contribution in [1.82, 2.24) is 10.6 Å². The lowest BCUT2D eigenvalue weighted by Crippen LogP contribution is -2.70. The Morgan fingerprint density at radius 1 is 0.267 bits per heavy atom. The van der Waals surface area contributed by atoms with E-state index in [9.17, 15) is 142 Å². The van der Waals surface area contributed by atoms with E-state index in [1.165, 1.54) is 6.92 Å². The molecule has 9 rings (SSSR count). The van der Waals surface area contributed by atoms with Crippen molar-refractivity contribution in [1.29, 1.82) is 0 Å². The Balaban J connectivity index is 1.05. The van der Waals surface area contributed by atoms with Gasteiger partial charge in [0.1, 0.15) is 214 Å². The van der Waals surface area contributed by atoms with Gasteiger partial charge in [0.2, 0.25) is 11.8 Å². The van der Waals surface area contributed by atoms with Crippen LogP contribution in [0.15, 0.2) is 0 Å². The van der Waals surface area contributed by atoms with Crippen molar-refractivity contribution in [2.75, 3.05) is 52.9 Å². The predicted molar refractivity (Wildman–Crippen MR) is 319 cm³/mol. The van der Waals surface area contributed by atoms with Crippen molar-refractivity contribution >= 4 is 11.8 Å². The smallest absolute Gasteiger partial charge is 0.217 e. The molecule has 105 heavy (non-hydrogen) atoms. The minimum Gasteiger partial charge on any atom is -0.394 e. The first-order valence-electron chi connectivity index (χ1n) is 33.5. The number of rotatable bonds is 26. The monoisotopic (exact) mass is 1540 g/mol. The summed E-state index contributed by atoms with van der Waals surface area (Å²) in [6.45, 7) is -5.39. The van der Waals surface area contributed by atoms with Crippen LogP contribution in [0.5, 0.6) is 0 Å². The van der Waals surface area contributed by atoms with Crippen molar-refractivity contribution in [2.45, 2.75) is 297 Å². The molecule has 0 aromatic heterocycles. The Morgan fingerprint density at radius 3 is 1.03 bits per heavy atom. The van der Waals surface area contributed by atoms with Crippen LogP contribution in [-0.4, -0.2) is 474 Å². The second-order valence-electron chi connectivity index (χ2n) is 26.7. The van der Waals surface area contributed by atoms with Gasteiger partial charge in [-0.25, -0.2) is 0 Å². The number of carbonyl (C=O) groups is 2. The van der Waals surface area contributed by atoms with Gasteiger partial charge in [0.25, 0.3) is 0 Å². The summed E-state index contributed by atoms with van der Waals surface area (Å²) in [6.07, 6.45) is -88.7. The highest BCUT2D eigenvalue weighted by Crippen LogP contribution is 2.40. The summed E-state index contributed by atoms with van der Waals surface area (Å²) in [4.78, 5) is 25.5. The first-order chi connectivity index (χ1) is 49.6. The van der Waals surface area contributed by atoms with Gasteiger partial charge < -0.3 is 224 Å². The Bertz CT molecular complexity index is 2690. The van der Waals surface area contributed by atoms with E-state index >= 15 is 0 Å². The van der Waals surface area contributed by atoms with Gasteiger partial charge in [-0.1, -0.05) is 0 Å². The van der Waals surface area contributed by atoms with Crippen LogP contribution in [0.25, 0.3) is 0 Å². The first-order valence-corrected chi connectivity index (χ1v) is 33.5. The summed E-state index contributed by atoms with van der Waals surface area (Å²) in [5, 5.41) is 290. The third-order valence-electron chi connectivity index (χ3n) is 19.5. The number of nitrogens with one attached hydrogen (secondary N) is 2. The summed E-state index contributed by atoms with van der Waals surface area (Å²) in [5.74, 6) is -1.79. The summed E-state index contributed by atoms with van der Waals surface area (Å²) in [5.41, 5.74) is 0. The Hall–Kier alpha value is -2.78. The summed E-state index contributed by atoms with van der Waals surface area (Å²) < 4.78 is 99.5. The van der Waals surface area contributed by atoms with Crippen LogP contribution in [0.4, 0.5) is 0 Å². The fraction of sp³-hybridized carbons (Fsp3) is 0.966. The zero-order valence-corrected chi connectivity index (χ0v) is 56.0. The molecule has 0 aromatic carbocycles. The molecule has 9 heterocycles. The van der Waals surface area contributed by atoms with Gasteiger partial charge in [0.15, 0.2) is 56.6 Å². The number of aliphatic hydroxyl groups excluding tert-OH is 26. The summed E-state index contributed by atoms with van der Waals surface area (Å²) in [6, 6.07) is -3.71. The van der Waals surface area contributed by atoms with Crippen LogP contribution >= 0.6 is 0 Å². The van der Waals surface area contributed by atoms with E-state index in [1.54, 1.807) is 0 Å². The zero-order valence-electron chi connectivity index (χ0n) is 56.0. The van der Waals surface area contributed by atoms with Gasteiger partial charge in [-0.3, -0.25) is 9.59 Å². The number of aliphatic hydroxyl groups is 26. The molecule has 45 atom stereocenters. The van der Waals surface area contributed by atoms with E-state index in [0.29, 0.717) is 0 Å². The maximum Gasteiger partial charge on any atom is 0.217 e. The Kier molecular flexibility index (Phi) is 30.6. The van der Waals surface area contributed by atoms with Gasteiger partial charge in [-0.15, -0.1) is 0 Å². The molecule has 9 aliphatic rings. The molecule has 47 nitrogen and oxygen atoms in total. The van der Waals surface area contributed by atoms with Crippen molar-refractivity contribution in [3.8, 4) is 0 Å². The van der Waals surface area contributed by atoms with Crippen LogP contribution in [0.3, 0.4) is 0 Å². The predicted octanol–water partition coefficient (Wildman–Crippen LogP) is -19.3. The Labute approximate surface area is 593 Å². The lowest BCUT2D eigenvalue weighted by molar-refractivity contribution is -0.402. The number of hydrogen-bond acceptors (Lipinski definition) is 45. The molecule has 2 amide bonds. The molecule has 0 unspecified atom stereocenters. The molecular weight excluding hydrogens is 1440 g/mol. The van der Waals surface area contributed by atoms with Crippen LogP contribution in [0.1, 0.15) is 20.8 Å². The van der Waals surface area contributed by atoms with E-state index < -0.39 is 341 Å². The molecule has 28 N–H and O–H groups in total. The molecule has 47 heteroatoms. The van der Waals surface area contributed by atoms with Crippen molar-refractivity contribution in [3.05, 3.63) is 0 Å².